The maximum absolute atomic E-state index is 12.2. The summed E-state index contributed by atoms with van der Waals surface area (Å²) in [5, 5.41) is 12.6. The van der Waals surface area contributed by atoms with Gasteiger partial charge < -0.3 is 9.84 Å². The molecule has 1 rings (SSSR count). The quantitative estimate of drug-likeness (QED) is 0.644. The molecule has 2 N–H and O–H groups in total. The summed E-state index contributed by atoms with van der Waals surface area (Å²) in [6, 6.07) is 0. The van der Waals surface area contributed by atoms with Crippen molar-refractivity contribution in [3.63, 3.8) is 0 Å². The molecule has 9 nitrogen and oxygen atoms in total. The zero-order valence-corrected chi connectivity index (χ0v) is 12.7. The van der Waals surface area contributed by atoms with Gasteiger partial charge in [-0.25, -0.2) is 8.42 Å². The minimum atomic E-state index is -3.98. The second kappa shape index (κ2) is 6.68. The van der Waals surface area contributed by atoms with Crippen LogP contribution in [0.1, 0.15) is 18.3 Å². The summed E-state index contributed by atoms with van der Waals surface area (Å²) in [7, 11) is -3.98. The second-order valence-electron chi connectivity index (χ2n) is 4.18. The Labute approximate surface area is 121 Å². The van der Waals surface area contributed by atoms with Gasteiger partial charge in [-0.2, -0.15) is 9.82 Å². The van der Waals surface area contributed by atoms with E-state index in [1.807, 2.05) is 0 Å². The van der Waals surface area contributed by atoms with Gasteiger partial charge in [0.25, 0.3) is 0 Å². The molecule has 0 saturated carbocycles. The fraction of sp³-hybridized carbons (Fsp3) is 0.545. The number of aromatic nitrogens is 2. The Morgan fingerprint density at radius 3 is 2.52 bits per heavy atom. The van der Waals surface area contributed by atoms with Crippen LogP contribution in [-0.2, 0) is 30.9 Å². The van der Waals surface area contributed by atoms with Gasteiger partial charge in [-0.15, -0.1) is 0 Å². The first-order chi connectivity index (χ1) is 9.69. The molecule has 0 bridgehead atoms. The number of sulfonamides is 1. The van der Waals surface area contributed by atoms with Crippen molar-refractivity contribution in [2.75, 3.05) is 13.2 Å². The highest BCUT2D eigenvalue weighted by Gasteiger charge is 2.25. The van der Waals surface area contributed by atoms with Crippen molar-refractivity contribution in [3.8, 4) is 0 Å². The van der Waals surface area contributed by atoms with Crippen LogP contribution in [0, 0.1) is 13.8 Å². The lowest BCUT2D eigenvalue weighted by molar-refractivity contribution is -0.141. The number of rotatable bonds is 7. The van der Waals surface area contributed by atoms with Crippen molar-refractivity contribution < 1.29 is 27.9 Å². The first kappa shape index (κ1) is 17.1. The number of carbonyl (C=O) groups is 2. The molecular formula is C11H17N3O6S. The number of hydrogen-bond donors (Lipinski definition) is 2. The molecule has 0 aromatic carbocycles. The van der Waals surface area contributed by atoms with E-state index in [-0.39, 0.29) is 22.9 Å². The third-order valence-electron chi connectivity index (χ3n) is 2.58. The highest BCUT2D eigenvalue weighted by Crippen LogP contribution is 2.19. The van der Waals surface area contributed by atoms with Crippen molar-refractivity contribution in [3.05, 3.63) is 11.4 Å². The number of aryl methyl sites for hydroxylation is 1. The van der Waals surface area contributed by atoms with Gasteiger partial charge in [-0.3, -0.25) is 14.3 Å². The molecule has 0 radical (unpaired) electrons. The lowest BCUT2D eigenvalue weighted by Gasteiger charge is -2.07. The highest BCUT2D eigenvalue weighted by atomic mass is 32.2. The Balaban J connectivity index is 3.01. The third-order valence-corrected chi connectivity index (χ3v) is 4.23. The molecule has 118 valence electrons. The van der Waals surface area contributed by atoms with E-state index >= 15 is 0 Å². The monoisotopic (exact) mass is 319 g/mol. The summed E-state index contributed by atoms with van der Waals surface area (Å²) in [6.45, 7) is 3.71. The molecule has 0 aliphatic rings. The van der Waals surface area contributed by atoms with Crippen LogP contribution in [0.2, 0.25) is 0 Å². The Hall–Kier alpha value is -1.94. The van der Waals surface area contributed by atoms with E-state index in [1.54, 1.807) is 6.92 Å². The minimum absolute atomic E-state index is 0.131. The van der Waals surface area contributed by atoms with Crippen LogP contribution in [0.4, 0.5) is 0 Å². The molecule has 21 heavy (non-hydrogen) atoms. The van der Waals surface area contributed by atoms with Gasteiger partial charge >= 0.3 is 11.9 Å². The Kier molecular flexibility index (Phi) is 5.44. The number of esters is 1. The lowest BCUT2D eigenvalue weighted by Crippen LogP contribution is -2.31. The smallest absolute Gasteiger partial charge is 0.325 e. The average molecular weight is 319 g/mol. The standard InChI is InChI=1S/C11H17N3O6S/c1-4-20-10(17)5-12-21(18,19)11-7(2)13-14(8(11)3)6-9(15)16/h12H,4-6H2,1-3H3,(H,15,16). The van der Waals surface area contributed by atoms with Gasteiger partial charge in [-0.05, 0) is 20.8 Å². The zero-order chi connectivity index (χ0) is 16.2. The van der Waals surface area contributed by atoms with Gasteiger partial charge in [0.05, 0.1) is 18.0 Å². The van der Waals surface area contributed by atoms with Crippen molar-refractivity contribution in [2.45, 2.75) is 32.2 Å². The third kappa shape index (κ3) is 4.26. The van der Waals surface area contributed by atoms with Crippen molar-refractivity contribution in [2.24, 2.45) is 0 Å². The Morgan fingerprint density at radius 1 is 1.38 bits per heavy atom. The summed E-state index contributed by atoms with van der Waals surface area (Å²) in [5.74, 6) is -1.83. The first-order valence-electron chi connectivity index (χ1n) is 6.10. The average Bonchev–Trinajstić information content (AvgIpc) is 2.62. The van der Waals surface area contributed by atoms with Gasteiger partial charge in [0.15, 0.2) is 0 Å². The number of carboxylic acid groups (broad SMARTS) is 1. The van der Waals surface area contributed by atoms with E-state index in [9.17, 15) is 18.0 Å². The first-order valence-corrected chi connectivity index (χ1v) is 7.58. The molecule has 0 aliphatic carbocycles. The van der Waals surface area contributed by atoms with Gasteiger partial charge in [0, 0.05) is 0 Å². The predicted molar refractivity (Wildman–Crippen MR) is 71.2 cm³/mol. The minimum Gasteiger partial charge on any atom is -0.480 e. The van der Waals surface area contributed by atoms with E-state index in [1.165, 1.54) is 13.8 Å². The van der Waals surface area contributed by atoms with E-state index in [0.717, 1.165) is 4.68 Å². The summed E-state index contributed by atoms with van der Waals surface area (Å²) in [5.41, 5.74) is 0.344. The number of carbonyl (C=O) groups excluding carboxylic acids is 1. The maximum Gasteiger partial charge on any atom is 0.325 e. The van der Waals surface area contributed by atoms with Gasteiger partial charge in [0.2, 0.25) is 10.0 Å². The molecule has 0 saturated heterocycles. The Bertz CT molecular complexity index is 649. The van der Waals surface area contributed by atoms with Crippen LogP contribution in [0.25, 0.3) is 0 Å². The predicted octanol–water partition coefficient (Wildman–Crippen LogP) is -0.574. The van der Waals surface area contributed by atoms with Crippen LogP contribution in [0.3, 0.4) is 0 Å². The number of nitrogens with zero attached hydrogens (tertiary/aromatic N) is 2. The van der Waals surface area contributed by atoms with Crippen LogP contribution in [0.5, 0.6) is 0 Å². The Morgan fingerprint density at radius 2 is 2.00 bits per heavy atom. The van der Waals surface area contributed by atoms with Crippen LogP contribution in [0.15, 0.2) is 4.90 Å². The highest BCUT2D eigenvalue weighted by molar-refractivity contribution is 7.89. The topological polar surface area (TPSA) is 128 Å². The van der Waals surface area contributed by atoms with E-state index in [2.05, 4.69) is 14.6 Å². The summed E-state index contributed by atoms with van der Waals surface area (Å²) in [6.07, 6.45) is 0. The SMILES string of the molecule is CCOC(=O)CNS(=O)(=O)c1c(C)nn(CC(=O)O)c1C. The fourth-order valence-electron chi connectivity index (χ4n) is 1.79. The van der Waals surface area contributed by atoms with Crippen molar-refractivity contribution in [1.29, 1.82) is 0 Å². The molecule has 0 fully saturated rings. The van der Waals surface area contributed by atoms with Crippen LogP contribution in [-0.4, -0.2) is 48.4 Å². The van der Waals surface area contributed by atoms with Crippen molar-refractivity contribution >= 4 is 22.0 Å². The molecule has 10 heteroatoms. The van der Waals surface area contributed by atoms with E-state index < -0.39 is 35.1 Å². The lowest BCUT2D eigenvalue weighted by atomic mass is 10.4. The normalized spacial score (nSPS) is 11.4. The maximum atomic E-state index is 12.2. The molecule has 0 unspecified atom stereocenters. The number of aliphatic carboxylic acids is 1. The molecule has 1 heterocycles. The number of ether oxygens (including phenoxy) is 1. The van der Waals surface area contributed by atoms with Gasteiger partial charge in [-0.1, -0.05) is 0 Å². The van der Waals surface area contributed by atoms with Gasteiger partial charge in [0.1, 0.15) is 18.0 Å². The van der Waals surface area contributed by atoms with E-state index in [0.29, 0.717) is 0 Å². The number of hydrogen-bond acceptors (Lipinski definition) is 6. The molecule has 1 aromatic rings. The molecule has 0 amide bonds. The largest absolute Gasteiger partial charge is 0.480 e. The molecule has 0 atom stereocenters. The van der Waals surface area contributed by atoms with Crippen LogP contribution < -0.4 is 4.72 Å². The number of nitrogens with one attached hydrogen (secondary N) is 1. The summed E-state index contributed by atoms with van der Waals surface area (Å²) < 4.78 is 32.1. The molecule has 0 spiro atoms. The number of carboxylic acids is 1. The zero-order valence-electron chi connectivity index (χ0n) is 11.9. The van der Waals surface area contributed by atoms with E-state index in [4.69, 9.17) is 5.11 Å². The second-order valence-corrected chi connectivity index (χ2v) is 5.88. The summed E-state index contributed by atoms with van der Waals surface area (Å²) in [4.78, 5) is 21.8. The summed E-state index contributed by atoms with van der Waals surface area (Å²) >= 11 is 0. The molecule has 0 aliphatic heterocycles. The molecular weight excluding hydrogens is 302 g/mol. The molecule has 1 aromatic heterocycles. The van der Waals surface area contributed by atoms with Crippen molar-refractivity contribution in [1.82, 2.24) is 14.5 Å². The van der Waals surface area contributed by atoms with Crippen LogP contribution >= 0.6 is 0 Å². The fourth-order valence-corrected chi connectivity index (χ4v) is 3.17.